The predicted octanol–water partition coefficient (Wildman–Crippen LogP) is 2.33. The van der Waals surface area contributed by atoms with Gasteiger partial charge in [0.05, 0.1) is 12.0 Å². The highest BCUT2D eigenvalue weighted by atomic mass is 16.5. The first kappa shape index (κ1) is 13.1. The van der Waals surface area contributed by atoms with Crippen LogP contribution >= 0.6 is 0 Å². The van der Waals surface area contributed by atoms with Gasteiger partial charge in [0, 0.05) is 17.8 Å². The molecule has 1 aromatic carbocycles. The Labute approximate surface area is 110 Å². The molecule has 2 rings (SSSR count). The summed E-state index contributed by atoms with van der Waals surface area (Å²) in [6.45, 7) is 2.31. The first-order valence-corrected chi connectivity index (χ1v) is 6.12. The Morgan fingerprint density at radius 2 is 2.16 bits per heavy atom. The van der Waals surface area contributed by atoms with E-state index in [1.165, 1.54) is 6.07 Å². The normalized spacial score (nSPS) is 10.6. The summed E-state index contributed by atoms with van der Waals surface area (Å²) in [6, 6.07) is 5.84. The van der Waals surface area contributed by atoms with Crippen LogP contribution < -0.4 is 11.2 Å². The van der Waals surface area contributed by atoms with Gasteiger partial charge in [-0.25, -0.2) is 4.79 Å². The monoisotopic (exact) mass is 261 g/mol. The standard InChI is InChI=1S/C14H15NO4/c1-2-3-6-18-14(17)13-8-11(16)10-5-4-9(15)7-12(10)19-13/h4-5,7-8H,2-3,6,15H2,1H3. The fraction of sp³-hybridized carbons (Fsp3) is 0.286. The SMILES string of the molecule is CCCCOC(=O)c1cc(=O)c2ccc(N)cc2o1. The zero-order valence-electron chi connectivity index (χ0n) is 10.6. The lowest BCUT2D eigenvalue weighted by Crippen LogP contribution is -2.11. The highest BCUT2D eigenvalue weighted by Gasteiger charge is 2.13. The Morgan fingerprint density at radius 1 is 1.37 bits per heavy atom. The molecule has 1 aromatic heterocycles. The van der Waals surface area contributed by atoms with Gasteiger partial charge in [0.2, 0.25) is 5.76 Å². The van der Waals surface area contributed by atoms with Crippen molar-refractivity contribution in [2.45, 2.75) is 19.8 Å². The van der Waals surface area contributed by atoms with Gasteiger partial charge in [-0.05, 0) is 18.6 Å². The Kier molecular flexibility index (Phi) is 3.85. The summed E-state index contributed by atoms with van der Waals surface area (Å²) in [6.07, 6.45) is 1.70. The molecule has 0 unspecified atom stereocenters. The molecule has 0 aliphatic rings. The van der Waals surface area contributed by atoms with Crippen molar-refractivity contribution >= 4 is 22.6 Å². The Hall–Kier alpha value is -2.30. The van der Waals surface area contributed by atoms with Gasteiger partial charge in [0.1, 0.15) is 5.58 Å². The molecular weight excluding hydrogens is 246 g/mol. The third kappa shape index (κ3) is 2.93. The summed E-state index contributed by atoms with van der Waals surface area (Å²) in [7, 11) is 0. The molecule has 2 aromatic rings. The number of anilines is 1. The average Bonchev–Trinajstić information content (AvgIpc) is 2.38. The number of carbonyl (C=O) groups excluding carboxylic acids is 1. The Balaban J connectivity index is 2.34. The second-order valence-electron chi connectivity index (χ2n) is 4.22. The van der Waals surface area contributed by atoms with E-state index in [1.54, 1.807) is 12.1 Å². The van der Waals surface area contributed by atoms with Crippen LogP contribution in [0.25, 0.3) is 11.0 Å². The van der Waals surface area contributed by atoms with Crippen molar-refractivity contribution in [2.75, 3.05) is 12.3 Å². The largest absolute Gasteiger partial charge is 0.460 e. The van der Waals surface area contributed by atoms with Gasteiger partial charge in [-0.3, -0.25) is 4.79 Å². The van der Waals surface area contributed by atoms with Crippen LogP contribution in [-0.4, -0.2) is 12.6 Å². The van der Waals surface area contributed by atoms with E-state index < -0.39 is 5.97 Å². The first-order chi connectivity index (χ1) is 9.11. The summed E-state index contributed by atoms with van der Waals surface area (Å²) in [5.41, 5.74) is 6.08. The molecule has 0 aliphatic carbocycles. The molecule has 0 saturated heterocycles. The second kappa shape index (κ2) is 5.56. The van der Waals surface area contributed by atoms with Gasteiger partial charge in [0.15, 0.2) is 5.43 Å². The van der Waals surface area contributed by atoms with Crippen LogP contribution in [0.3, 0.4) is 0 Å². The fourth-order valence-electron chi connectivity index (χ4n) is 1.65. The van der Waals surface area contributed by atoms with Gasteiger partial charge >= 0.3 is 5.97 Å². The van der Waals surface area contributed by atoms with Gasteiger partial charge in [0.25, 0.3) is 0 Å². The number of esters is 1. The smallest absolute Gasteiger partial charge is 0.374 e. The summed E-state index contributed by atoms with van der Waals surface area (Å²) < 4.78 is 10.4. The molecule has 0 radical (unpaired) electrons. The summed E-state index contributed by atoms with van der Waals surface area (Å²) in [4.78, 5) is 23.6. The van der Waals surface area contributed by atoms with E-state index in [9.17, 15) is 9.59 Å². The highest BCUT2D eigenvalue weighted by molar-refractivity contribution is 5.89. The number of benzene rings is 1. The van der Waals surface area contributed by atoms with Crippen molar-refractivity contribution in [1.29, 1.82) is 0 Å². The van der Waals surface area contributed by atoms with E-state index >= 15 is 0 Å². The van der Waals surface area contributed by atoms with Crippen LogP contribution in [0.4, 0.5) is 5.69 Å². The number of nitrogen functional groups attached to an aromatic ring is 1. The van der Waals surface area contributed by atoms with Crippen LogP contribution in [0.1, 0.15) is 30.3 Å². The van der Waals surface area contributed by atoms with Crippen LogP contribution in [0, 0.1) is 0 Å². The van der Waals surface area contributed by atoms with Gasteiger partial charge in [-0.1, -0.05) is 13.3 Å². The van der Waals surface area contributed by atoms with Crippen LogP contribution in [0.2, 0.25) is 0 Å². The molecule has 0 amide bonds. The van der Waals surface area contributed by atoms with Crippen molar-refractivity contribution in [2.24, 2.45) is 0 Å². The van der Waals surface area contributed by atoms with Crippen molar-refractivity contribution in [1.82, 2.24) is 0 Å². The molecule has 0 bridgehead atoms. The number of nitrogens with two attached hydrogens (primary N) is 1. The maximum atomic E-state index is 11.8. The van der Waals surface area contributed by atoms with Crippen LogP contribution in [-0.2, 0) is 4.74 Å². The maximum absolute atomic E-state index is 11.8. The second-order valence-corrected chi connectivity index (χ2v) is 4.22. The number of fused-ring (bicyclic) bond motifs is 1. The molecule has 5 heteroatoms. The number of unbranched alkanes of at least 4 members (excludes halogenated alkanes) is 1. The van der Waals surface area contributed by atoms with Crippen molar-refractivity contribution in [3.05, 3.63) is 40.2 Å². The van der Waals surface area contributed by atoms with E-state index in [2.05, 4.69) is 0 Å². The third-order valence-electron chi connectivity index (χ3n) is 2.69. The third-order valence-corrected chi connectivity index (χ3v) is 2.69. The number of ether oxygens (including phenoxy) is 1. The van der Waals surface area contributed by atoms with Crippen molar-refractivity contribution in [3.8, 4) is 0 Å². The summed E-state index contributed by atoms with van der Waals surface area (Å²) >= 11 is 0. The average molecular weight is 261 g/mol. The fourth-order valence-corrected chi connectivity index (χ4v) is 1.65. The molecule has 0 saturated carbocycles. The van der Waals surface area contributed by atoms with E-state index in [0.29, 0.717) is 17.7 Å². The Bertz CT molecular complexity index is 660. The van der Waals surface area contributed by atoms with Gasteiger partial charge in [-0.15, -0.1) is 0 Å². The van der Waals surface area contributed by atoms with E-state index in [4.69, 9.17) is 14.9 Å². The highest BCUT2D eigenvalue weighted by Crippen LogP contribution is 2.16. The van der Waals surface area contributed by atoms with Gasteiger partial charge in [-0.2, -0.15) is 0 Å². The van der Waals surface area contributed by atoms with E-state index in [1.807, 2.05) is 6.92 Å². The molecular formula is C14H15NO4. The molecule has 100 valence electrons. The molecule has 1 heterocycles. The molecule has 19 heavy (non-hydrogen) atoms. The minimum absolute atomic E-state index is 0.0980. The lowest BCUT2D eigenvalue weighted by Gasteiger charge is -2.04. The topological polar surface area (TPSA) is 82.5 Å². The minimum atomic E-state index is -0.630. The predicted molar refractivity (Wildman–Crippen MR) is 72.1 cm³/mol. The summed E-state index contributed by atoms with van der Waals surface area (Å²) in [5, 5.41) is 0.388. The number of hydrogen-bond acceptors (Lipinski definition) is 5. The van der Waals surface area contributed by atoms with E-state index in [0.717, 1.165) is 18.9 Å². The molecule has 0 fully saturated rings. The minimum Gasteiger partial charge on any atom is -0.460 e. The zero-order valence-corrected chi connectivity index (χ0v) is 10.6. The zero-order chi connectivity index (χ0) is 13.8. The molecule has 5 nitrogen and oxygen atoms in total. The molecule has 0 atom stereocenters. The molecule has 0 spiro atoms. The van der Waals surface area contributed by atoms with Crippen LogP contribution in [0.5, 0.6) is 0 Å². The number of hydrogen-bond donors (Lipinski definition) is 1. The van der Waals surface area contributed by atoms with Crippen molar-refractivity contribution in [3.63, 3.8) is 0 Å². The van der Waals surface area contributed by atoms with Crippen LogP contribution in [0.15, 0.2) is 33.5 Å². The maximum Gasteiger partial charge on any atom is 0.374 e. The van der Waals surface area contributed by atoms with E-state index in [-0.39, 0.29) is 16.8 Å². The van der Waals surface area contributed by atoms with Crippen molar-refractivity contribution < 1.29 is 13.9 Å². The molecule has 2 N–H and O–H groups in total. The summed E-state index contributed by atoms with van der Waals surface area (Å²) in [5.74, 6) is -0.728. The first-order valence-electron chi connectivity index (χ1n) is 6.12. The lowest BCUT2D eigenvalue weighted by molar-refractivity contribution is 0.0464. The van der Waals surface area contributed by atoms with Gasteiger partial charge < -0.3 is 14.9 Å². The number of rotatable bonds is 4. The molecule has 0 aliphatic heterocycles. The Morgan fingerprint density at radius 3 is 2.89 bits per heavy atom. The quantitative estimate of drug-likeness (QED) is 0.519. The number of carbonyl (C=O) groups is 1. The lowest BCUT2D eigenvalue weighted by atomic mass is 10.2.